The zero-order valence-corrected chi connectivity index (χ0v) is 5.05. The van der Waals surface area contributed by atoms with Crippen LogP contribution in [0, 0.1) is 0 Å². The Morgan fingerprint density at radius 2 is 2.67 bits per heavy atom. The molecular formula is C6H8N2O. The zero-order chi connectivity index (χ0) is 6.69. The molecule has 3 nitrogen and oxygen atoms in total. The highest BCUT2D eigenvalue weighted by Crippen LogP contribution is 1.99. The van der Waals surface area contributed by atoms with Gasteiger partial charge in [0.25, 0.3) is 0 Å². The monoisotopic (exact) mass is 124 g/mol. The minimum atomic E-state index is -0.0214. The maximum Gasteiger partial charge on any atom is 0.245 e. The van der Waals surface area contributed by atoms with Crippen LogP contribution in [-0.2, 0) is 4.79 Å². The fraction of sp³-hybridized carbons (Fsp3) is 0.333. The Labute approximate surface area is 53.4 Å². The molecule has 0 radical (unpaired) electrons. The summed E-state index contributed by atoms with van der Waals surface area (Å²) in [5.74, 6) is -0.0214. The van der Waals surface area contributed by atoms with Gasteiger partial charge < -0.3 is 0 Å². The first-order valence-electron chi connectivity index (χ1n) is 2.78. The van der Waals surface area contributed by atoms with E-state index in [2.05, 4.69) is 17.1 Å². The maximum atomic E-state index is 10.5. The Kier molecular flexibility index (Phi) is 1.63. The van der Waals surface area contributed by atoms with Crippen molar-refractivity contribution in [2.75, 3.05) is 0 Å². The summed E-state index contributed by atoms with van der Waals surface area (Å²) in [7, 11) is 0. The van der Waals surface area contributed by atoms with Crippen molar-refractivity contribution in [2.45, 2.75) is 12.8 Å². The van der Waals surface area contributed by atoms with Crippen molar-refractivity contribution in [2.24, 2.45) is 5.10 Å². The zero-order valence-electron chi connectivity index (χ0n) is 5.05. The second-order valence-corrected chi connectivity index (χ2v) is 1.88. The molecule has 1 aliphatic rings. The molecule has 1 rings (SSSR count). The van der Waals surface area contributed by atoms with Gasteiger partial charge in [0.05, 0.1) is 12.1 Å². The lowest BCUT2D eigenvalue weighted by Gasteiger charge is -1.84. The van der Waals surface area contributed by atoms with Gasteiger partial charge in [0.1, 0.15) is 0 Å². The highest BCUT2D eigenvalue weighted by molar-refractivity contribution is 6.05. The van der Waals surface area contributed by atoms with Gasteiger partial charge in [-0.25, -0.2) is 5.43 Å². The molecule has 0 spiro atoms. The summed E-state index contributed by atoms with van der Waals surface area (Å²) in [6.07, 6.45) is 2.88. The lowest BCUT2D eigenvalue weighted by molar-refractivity contribution is -0.119. The van der Waals surface area contributed by atoms with E-state index in [9.17, 15) is 4.79 Å². The van der Waals surface area contributed by atoms with Crippen LogP contribution >= 0.6 is 0 Å². The quantitative estimate of drug-likeness (QED) is 0.533. The van der Waals surface area contributed by atoms with Gasteiger partial charge in [0.2, 0.25) is 5.91 Å². The highest BCUT2D eigenvalue weighted by Gasteiger charge is 2.11. The molecule has 9 heavy (non-hydrogen) atoms. The number of nitrogens with zero attached hydrogens (tertiary/aromatic N) is 1. The standard InChI is InChI=1S/C6H8N2O/c1-2-3-5-4-6(9)8-7-5/h2H,1,3-4H2,(H,8,9). The molecular weight excluding hydrogens is 116 g/mol. The second kappa shape index (κ2) is 2.44. The molecule has 0 aliphatic carbocycles. The van der Waals surface area contributed by atoms with Crippen molar-refractivity contribution >= 4 is 11.6 Å². The molecule has 1 amide bonds. The van der Waals surface area contributed by atoms with Crippen LogP contribution < -0.4 is 5.43 Å². The van der Waals surface area contributed by atoms with E-state index in [1.165, 1.54) is 0 Å². The Morgan fingerprint density at radius 3 is 3.11 bits per heavy atom. The van der Waals surface area contributed by atoms with Crippen molar-refractivity contribution < 1.29 is 4.79 Å². The molecule has 48 valence electrons. The van der Waals surface area contributed by atoms with E-state index in [0.29, 0.717) is 12.8 Å². The predicted octanol–water partition coefficient (Wildman–Crippen LogP) is 0.438. The molecule has 3 heteroatoms. The smallest absolute Gasteiger partial charge is 0.245 e. The summed E-state index contributed by atoms with van der Waals surface area (Å²) in [5.41, 5.74) is 3.23. The van der Waals surface area contributed by atoms with Gasteiger partial charge in [0.15, 0.2) is 0 Å². The van der Waals surface area contributed by atoms with Crippen molar-refractivity contribution in [1.82, 2.24) is 5.43 Å². The van der Waals surface area contributed by atoms with Gasteiger partial charge in [-0.15, -0.1) is 6.58 Å². The number of hydrogen-bond acceptors (Lipinski definition) is 2. The molecule has 0 atom stereocenters. The molecule has 0 bridgehead atoms. The largest absolute Gasteiger partial charge is 0.273 e. The fourth-order valence-electron chi connectivity index (χ4n) is 0.690. The number of carbonyl (C=O) groups is 1. The van der Waals surface area contributed by atoms with Crippen molar-refractivity contribution in [1.29, 1.82) is 0 Å². The first-order valence-corrected chi connectivity index (χ1v) is 2.78. The third-order valence-electron chi connectivity index (χ3n) is 1.08. The Bertz CT molecular complexity index is 172. The van der Waals surface area contributed by atoms with Gasteiger partial charge in [-0.05, 0) is 0 Å². The van der Waals surface area contributed by atoms with Gasteiger partial charge in [0, 0.05) is 6.42 Å². The predicted molar refractivity (Wildman–Crippen MR) is 35.0 cm³/mol. The van der Waals surface area contributed by atoms with E-state index in [-0.39, 0.29) is 5.91 Å². The summed E-state index contributed by atoms with van der Waals surface area (Å²) in [6, 6.07) is 0. The lowest BCUT2D eigenvalue weighted by Crippen LogP contribution is -2.08. The summed E-state index contributed by atoms with van der Waals surface area (Å²) < 4.78 is 0. The summed E-state index contributed by atoms with van der Waals surface area (Å²) in [5, 5.41) is 3.75. The molecule has 0 fully saturated rings. The van der Waals surface area contributed by atoms with Crippen molar-refractivity contribution in [3.05, 3.63) is 12.7 Å². The van der Waals surface area contributed by atoms with E-state index in [1.54, 1.807) is 6.08 Å². The van der Waals surface area contributed by atoms with Crippen LogP contribution in [0.25, 0.3) is 0 Å². The Hall–Kier alpha value is -1.12. The van der Waals surface area contributed by atoms with E-state index in [4.69, 9.17) is 0 Å². The molecule has 1 aliphatic heterocycles. The normalized spacial score (nSPS) is 16.9. The van der Waals surface area contributed by atoms with Crippen LogP contribution in [0.4, 0.5) is 0 Å². The molecule has 0 aromatic heterocycles. The molecule has 0 unspecified atom stereocenters. The number of hydrazone groups is 1. The van der Waals surface area contributed by atoms with Crippen LogP contribution in [0.1, 0.15) is 12.8 Å². The first-order chi connectivity index (χ1) is 4.33. The van der Waals surface area contributed by atoms with Crippen molar-refractivity contribution in [3.63, 3.8) is 0 Å². The number of rotatable bonds is 2. The summed E-state index contributed by atoms with van der Waals surface area (Å²) >= 11 is 0. The van der Waals surface area contributed by atoms with E-state index < -0.39 is 0 Å². The van der Waals surface area contributed by atoms with Crippen LogP contribution in [0.3, 0.4) is 0 Å². The van der Waals surface area contributed by atoms with Crippen LogP contribution in [0.5, 0.6) is 0 Å². The van der Waals surface area contributed by atoms with Gasteiger partial charge in [-0.1, -0.05) is 6.08 Å². The molecule has 0 aromatic carbocycles. The average Bonchev–Trinajstić information content (AvgIpc) is 2.17. The lowest BCUT2D eigenvalue weighted by atomic mass is 10.2. The van der Waals surface area contributed by atoms with Crippen LogP contribution in [-0.4, -0.2) is 11.6 Å². The van der Waals surface area contributed by atoms with E-state index in [1.807, 2.05) is 0 Å². The molecule has 1 heterocycles. The Morgan fingerprint density at radius 1 is 1.89 bits per heavy atom. The van der Waals surface area contributed by atoms with Crippen LogP contribution in [0.2, 0.25) is 0 Å². The minimum absolute atomic E-state index is 0.0214. The third-order valence-corrected chi connectivity index (χ3v) is 1.08. The maximum absolute atomic E-state index is 10.5. The molecule has 0 aromatic rings. The van der Waals surface area contributed by atoms with Crippen LogP contribution in [0.15, 0.2) is 17.8 Å². The highest BCUT2D eigenvalue weighted by atomic mass is 16.2. The SMILES string of the molecule is C=CCC1=NNC(=O)C1. The Balaban J connectivity index is 2.44. The number of amides is 1. The van der Waals surface area contributed by atoms with Gasteiger partial charge in [-0.2, -0.15) is 5.10 Å². The second-order valence-electron chi connectivity index (χ2n) is 1.88. The molecule has 0 saturated heterocycles. The van der Waals surface area contributed by atoms with E-state index in [0.717, 1.165) is 5.71 Å². The minimum Gasteiger partial charge on any atom is -0.273 e. The number of allylic oxidation sites excluding steroid dienone is 1. The fourth-order valence-corrected chi connectivity index (χ4v) is 0.690. The number of hydrogen-bond donors (Lipinski definition) is 1. The summed E-state index contributed by atoms with van der Waals surface area (Å²) in [6.45, 7) is 3.53. The number of nitrogens with one attached hydrogen (secondary N) is 1. The van der Waals surface area contributed by atoms with Gasteiger partial charge in [-0.3, -0.25) is 4.79 Å². The van der Waals surface area contributed by atoms with Crippen molar-refractivity contribution in [3.8, 4) is 0 Å². The van der Waals surface area contributed by atoms with E-state index >= 15 is 0 Å². The number of carbonyl (C=O) groups excluding carboxylic acids is 1. The molecule has 0 saturated carbocycles. The van der Waals surface area contributed by atoms with Gasteiger partial charge >= 0.3 is 0 Å². The topological polar surface area (TPSA) is 41.5 Å². The third kappa shape index (κ3) is 1.38. The first kappa shape index (κ1) is 6.01. The average molecular weight is 124 g/mol. The molecule has 1 N–H and O–H groups in total. The summed E-state index contributed by atoms with van der Waals surface area (Å²) in [4.78, 5) is 10.5.